The fourth-order valence-corrected chi connectivity index (χ4v) is 3.23. The van der Waals surface area contributed by atoms with Gasteiger partial charge in [-0.15, -0.1) is 0 Å². The first kappa shape index (κ1) is 14.5. The zero-order valence-corrected chi connectivity index (χ0v) is 11.7. The molecule has 1 aliphatic heterocycles. The van der Waals surface area contributed by atoms with Crippen molar-refractivity contribution in [3.05, 3.63) is 24.3 Å². The maximum atomic E-state index is 12.3. The van der Waals surface area contributed by atoms with Crippen molar-refractivity contribution in [1.82, 2.24) is 9.62 Å². The monoisotopic (exact) mass is 297 g/mol. The van der Waals surface area contributed by atoms with E-state index in [0.717, 1.165) is 16.5 Å². The van der Waals surface area contributed by atoms with Crippen molar-refractivity contribution in [2.24, 2.45) is 0 Å². The highest BCUT2D eigenvalue weighted by atomic mass is 32.2. The first-order valence-corrected chi connectivity index (χ1v) is 7.54. The van der Waals surface area contributed by atoms with Gasteiger partial charge in [-0.05, 0) is 31.2 Å². The molecule has 1 heterocycles. The van der Waals surface area contributed by atoms with E-state index >= 15 is 0 Å². The minimum Gasteiger partial charge on any atom is -0.385 e. The van der Waals surface area contributed by atoms with E-state index in [-0.39, 0.29) is 18.0 Å². The number of anilines is 1. The van der Waals surface area contributed by atoms with Crippen LogP contribution in [0.3, 0.4) is 0 Å². The number of carbonyl (C=O) groups excluding carboxylic acids is 2. The molecule has 1 fully saturated rings. The Bertz CT molecular complexity index is 609. The Morgan fingerprint density at radius 1 is 1.15 bits per heavy atom. The molecule has 0 aliphatic carbocycles. The topological polar surface area (TPSA) is 95.6 Å². The molecule has 2 rings (SSSR count). The summed E-state index contributed by atoms with van der Waals surface area (Å²) in [6.07, 6.45) is 0. The summed E-state index contributed by atoms with van der Waals surface area (Å²) >= 11 is 0. The molecular formula is C12H15N3O4S. The second-order valence-electron chi connectivity index (χ2n) is 4.30. The van der Waals surface area contributed by atoms with Crippen LogP contribution in [0.4, 0.5) is 5.69 Å². The number of benzene rings is 1. The largest absolute Gasteiger partial charge is 0.385 e. The molecule has 2 N–H and O–H groups in total. The lowest BCUT2D eigenvalue weighted by atomic mass is 10.3. The van der Waals surface area contributed by atoms with Gasteiger partial charge < -0.3 is 5.32 Å². The first-order chi connectivity index (χ1) is 9.43. The molecule has 7 nitrogen and oxygen atoms in total. The fraction of sp³-hybridized carbons (Fsp3) is 0.333. The summed E-state index contributed by atoms with van der Waals surface area (Å²) < 4.78 is 25.5. The van der Waals surface area contributed by atoms with Gasteiger partial charge in [0.25, 0.3) is 0 Å². The summed E-state index contributed by atoms with van der Waals surface area (Å²) in [6.45, 7) is 1.97. The molecule has 0 unspecified atom stereocenters. The second-order valence-corrected chi connectivity index (χ2v) is 6.24. The van der Waals surface area contributed by atoms with Crippen molar-refractivity contribution in [3.8, 4) is 0 Å². The van der Waals surface area contributed by atoms with Gasteiger partial charge in [0.05, 0.1) is 18.0 Å². The van der Waals surface area contributed by atoms with Crippen molar-refractivity contribution in [2.45, 2.75) is 11.8 Å². The van der Waals surface area contributed by atoms with Crippen molar-refractivity contribution in [3.63, 3.8) is 0 Å². The molecule has 108 valence electrons. The van der Waals surface area contributed by atoms with Crippen LogP contribution in [0.25, 0.3) is 0 Å². The van der Waals surface area contributed by atoms with Crippen molar-refractivity contribution < 1.29 is 18.0 Å². The molecule has 0 spiro atoms. The average Bonchev–Trinajstić information content (AvgIpc) is 2.38. The second kappa shape index (κ2) is 5.59. The predicted octanol–water partition coefficient (Wildman–Crippen LogP) is -0.235. The molecule has 0 bridgehead atoms. The van der Waals surface area contributed by atoms with Gasteiger partial charge >= 0.3 is 0 Å². The molecule has 1 aromatic carbocycles. The number of rotatable bonds is 4. The number of piperazine rings is 1. The van der Waals surface area contributed by atoms with Gasteiger partial charge in [0.1, 0.15) is 0 Å². The van der Waals surface area contributed by atoms with Gasteiger partial charge in [0, 0.05) is 12.2 Å². The summed E-state index contributed by atoms with van der Waals surface area (Å²) in [4.78, 5) is 22.6. The highest BCUT2D eigenvalue weighted by molar-refractivity contribution is 7.89. The molecule has 1 saturated heterocycles. The van der Waals surface area contributed by atoms with Crippen LogP contribution in [-0.2, 0) is 19.6 Å². The van der Waals surface area contributed by atoms with Crippen molar-refractivity contribution >= 4 is 27.5 Å². The van der Waals surface area contributed by atoms with Crippen LogP contribution < -0.4 is 10.6 Å². The van der Waals surface area contributed by atoms with Crippen LogP contribution in [0.2, 0.25) is 0 Å². The van der Waals surface area contributed by atoms with Crippen LogP contribution in [0.15, 0.2) is 29.2 Å². The summed E-state index contributed by atoms with van der Waals surface area (Å²) in [6, 6.07) is 6.18. The van der Waals surface area contributed by atoms with E-state index in [2.05, 4.69) is 10.6 Å². The Morgan fingerprint density at radius 2 is 1.70 bits per heavy atom. The number of amides is 2. The third-order valence-corrected chi connectivity index (χ3v) is 4.60. The first-order valence-electron chi connectivity index (χ1n) is 6.10. The number of nitrogens with one attached hydrogen (secondary N) is 2. The molecule has 1 aliphatic rings. The minimum atomic E-state index is -3.84. The van der Waals surface area contributed by atoms with Crippen LogP contribution in [0, 0.1) is 0 Å². The van der Waals surface area contributed by atoms with Gasteiger partial charge in [-0.2, -0.15) is 4.31 Å². The van der Waals surface area contributed by atoms with E-state index in [4.69, 9.17) is 0 Å². The molecule has 0 atom stereocenters. The van der Waals surface area contributed by atoms with E-state index in [1.807, 2.05) is 6.92 Å². The third kappa shape index (κ3) is 2.97. The maximum absolute atomic E-state index is 12.3. The van der Waals surface area contributed by atoms with Crippen LogP contribution in [-0.4, -0.2) is 44.2 Å². The van der Waals surface area contributed by atoms with Crippen LogP contribution in [0.5, 0.6) is 0 Å². The molecule has 0 radical (unpaired) electrons. The third-order valence-electron chi connectivity index (χ3n) is 2.79. The Hall–Kier alpha value is -1.93. The minimum absolute atomic E-state index is 0.0571. The smallest absolute Gasteiger partial charge is 0.244 e. The van der Waals surface area contributed by atoms with Gasteiger partial charge in [0.2, 0.25) is 21.8 Å². The number of hydrogen-bond donors (Lipinski definition) is 2. The summed E-state index contributed by atoms with van der Waals surface area (Å²) in [5.41, 5.74) is 0.805. The normalized spacial score (nSPS) is 16.9. The number of hydrogen-bond acceptors (Lipinski definition) is 5. The Labute approximate surface area is 117 Å². The molecule has 1 aromatic rings. The lowest BCUT2D eigenvalue weighted by molar-refractivity contribution is -0.134. The standard InChI is InChI=1S/C12H15N3O4S/c1-2-13-9-3-5-10(6-4-9)20(18,19)15-7-11(16)14-12(17)8-15/h3-6,13H,2,7-8H2,1H3,(H,14,16,17). The van der Waals surface area contributed by atoms with E-state index in [1.165, 1.54) is 12.1 Å². The van der Waals surface area contributed by atoms with E-state index in [0.29, 0.717) is 0 Å². The quantitative estimate of drug-likeness (QED) is 0.748. The Morgan fingerprint density at radius 3 is 2.20 bits per heavy atom. The highest BCUT2D eigenvalue weighted by Crippen LogP contribution is 2.19. The number of imide groups is 1. The van der Waals surface area contributed by atoms with Crippen molar-refractivity contribution in [2.75, 3.05) is 25.0 Å². The number of sulfonamides is 1. The molecular weight excluding hydrogens is 282 g/mol. The maximum Gasteiger partial charge on any atom is 0.244 e. The zero-order chi connectivity index (χ0) is 14.8. The Balaban J connectivity index is 2.25. The van der Waals surface area contributed by atoms with Gasteiger partial charge in [-0.25, -0.2) is 8.42 Å². The number of carbonyl (C=O) groups is 2. The summed E-state index contributed by atoms with van der Waals surface area (Å²) in [7, 11) is -3.84. The summed E-state index contributed by atoms with van der Waals surface area (Å²) in [5.74, 6) is -1.23. The fourth-order valence-electron chi connectivity index (χ4n) is 1.88. The SMILES string of the molecule is CCNc1ccc(S(=O)(=O)N2CC(=O)NC(=O)C2)cc1. The van der Waals surface area contributed by atoms with E-state index in [1.54, 1.807) is 12.1 Å². The van der Waals surface area contributed by atoms with Crippen LogP contribution in [0.1, 0.15) is 6.92 Å². The lowest BCUT2D eigenvalue weighted by Crippen LogP contribution is -2.53. The predicted molar refractivity (Wildman–Crippen MR) is 72.5 cm³/mol. The molecule has 8 heteroatoms. The van der Waals surface area contributed by atoms with E-state index < -0.39 is 21.8 Å². The molecule has 0 saturated carbocycles. The van der Waals surface area contributed by atoms with Crippen molar-refractivity contribution in [1.29, 1.82) is 0 Å². The summed E-state index contributed by atoms with van der Waals surface area (Å²) in [5, 5.41) is 5.12. The molecule has 20 heavy (non-hydrogen) atoms. The van der Waals surface area contributed by atoms with Gasteiger partial charge in [-0.1, -0.05) is 0 Å². The molecule has 2 amide bonds. The van der Waals surface area contributed by atoms with Crippen LogP contribution >= 0.6 is 0 Å². The van der Waals surface area contributed by atoms with E-state index in [9.17, 15) is 18.0 Å². The average molecular weight is 297 g/mol. The van der Waals surface area contributed by atoms with Gasteiger partial charge in [-0.3, -0.25) is 14.9 Å². The highest BCUT2D eigenvalue weighted by Gasteiger charge is 2.32. The zero-order valence-electron chi connectivity index (χ0n) is 10.9. The van der Waals surface area contributed by atoms with Gasteiger partial charge in [0.15, 0.2) is 0 Å². The lowest BCUT2D eigenvalue weighted by Gasteiger charge is -2.24. The number of nitrogens with zero attached hydrogens (tertiary/aromatic N) is 1. The molecule has 0 aromatic heterocycles. The Kier molecular flexibility index (Phi) is 4.05.